The van der Waals surface area contributed by atoms with Crippen LogP contribution in [0.3, 0.4) is 0 Å². The number of nitrogens with one attached hydrogen (secondary N) is 1. The third-order valence-electron chi connectivity index (χ3n) is 3.57. The fraction of sp³-hybridized carbons (Fsp3) is 0.238. The zero-order chi connectivity index (χ0) is 19.1. The van der Waals surface area contributed by atoms with E-state index in [0.29, 0.717) is 5.70 Å². The van der Waals surface area contributed by atoms with Crippen molar-refractivity contribution >= 4 is 28.8 Å². The van der Waals surface area contributed by atoms with Crippen molar-refractivity contribution in [1.29, 1.82) is 0 Å². The van der Waals surface area contributed by atoms with E-state index in [0.717, 1.165) is 16.9 Å². The summed E-state index contributed by atoms with van der Waals surface area (Å²) in [4.78, 5) is 26.0. The van der Waals surface area contributed by atoms with Crippen LogP contribution in [0, 0.1) is 0 Å². The minimum absolute atomic E-state index is 0.341. The molecule has 26 heavy (non-hydrogen) atoms. The Hall–Kier alpha value is -3.08. The molecule has 5 nitrogen and oxygen atoms in total. The van der Waals surface area contributed by atoms with E-state index < -0.39 is 11.8 Å². The van der Waals surface area contributed by atoms with Gasteiger partial charge >= 0.3 is 5.97 Å². The van der Waals surface area contributed by atoms with Crippen LogP contribution in [0.5, 0.6) is 0 Å². The van der Waals surface area contributed by atoms with Gasteiger partial charge in [0.05, 0.1) is 6.10 Å². The number of hydrogen-bond donors (Lipinski definition) is 1. The molecule has 0 amide bonds. The molecule has 0 fully saturated rings. The summed E-state index contributed by atoms with van der Waals surface area (Å²) in [5, 5.41) is 3.21. The average molecular weight is 352 g/mol. The van der Waals surface area contributed by atoms with E-state index in [9.17, 15) is 9.59 Å². The fourth-order valence-electron chi connectivity index (χ4n) is 2.27. The lowest BCUT2D eigenvalue weighted by atomic mass is 10.1. The highest BCUT2D eigenvalue weighted by Crippen LogP contribution is 2.21. The highest BCUT2D eigenvalue weighted by molar-refractivity contribution is 6.39. The lowest BCUT2D eigenvalue weighted by Gasteiger charge is -2.15. The van der Waals surface area contributed by atoms with Crippen LogP contribution in [0.2, 0.25) is 0 Å². The zero-order valence-corrected chi connectivity index (χ0v) is 15.5. The Morgan fingerprint density at radius 1 is 1.00 bits per heavy atom. The molecule has 0 radical (unpaired) electrons. The van der Waals surface area contributed by atoms with Crippen molar-refractivity contribution in [3.63, 3.8) is 0 Å². The quantitative estimate of drug-likeness (QED) is 0.467. The molecular weight excluding hydrogens is 328 g/mol. The Labute approximate surface area is 154 Å². The summed E-state index contributed by atoms with van der Waals surface area (Å²) in [6, 6.07) is 17.2. The van der Waals surface area contributed by atoms with Gasteiger partial charge in [-0.1, -0.05) is 30.3 Å². The molecule has 0 spiro atoms. The molecule has 136 valence electrons. The maximum Gasteiger partial charge on any atom is 0.379 e. The van der Waals surface area contributed by atoms with E-state index in [1.807, 2.05) is 73.6 Å². The highest BCUT2D eigenvalue weighted by Gasteiger charge is 2.16. The lowest BCUT2D eigenvalue weighted by molar-refractivity contribution is -0.154. The van der Waals surface area contributed by atoms with Crippen LogP contribution in [0.15, 0.2) is 60.7 Å². The normalized spacial score (nSPS) is 11.2. The summed E-state index contributed by atoms with van der Waals surface area (Å²) < 4.78 is 4.97. The van der Waals surface area contributed by atoms with Crippen LogP contribution in [-0.4, -0.2) is 32.0 Å². The molecule has 0 aromatic heterocycles. The van der Waals surface area contributed by atoms with Crippen molar-refractivity contribution in [3.8, 4) is 0 Å². The van der Waals surface area contributed by atoms with Gasteiger partial charge in [-0.25, -0.2) is 4.79 Å². The van der Waals surface area contributed by atoms with Gasteiger partial charge in [-0.3, -0.25) is 4.79 Å². The molecule has 0 atom stereocenters. The van der Waals surface area contributed by atoms with Crippen molar-refractivity contribution in [1.82, 2.24) is 0 Å². The highest BCUT2D eigenvalue weighted by atomic mass is 16.5. The van der Waals surface area contributed by atoms with Crippen molar-refractivity contribution in [2.75, 3.05) is 24.3 Å². The molecule has 0 aliphatic carbocycles. The second-order valence-corrected chi connectivity index (χ2v) is 6.31. The van der Waals surface area contributed by atoms with E-state index in [-0.39, 0.29) is 6.10 Å². The Bertz CT molecular complexity index is 779. The topological polar surface area (TPSA) is 58.6 Å². The lowest BCUT2D eigenvalue weighted by Crippen LogP contribution is -2.20. The first-order valence-corrected chi connectivity index (χ1v) is 8.43. The number of benzene rings is 2. The van der Waals surface area contributed by atoms with Crippen LogP contribution in [0.25, 0.3) is 5.70 Å². The van der Waals surface area contributed by atoms with E-state index in [4.69, 9.17) is 4.74 Å². The fourth-order valence-corrected chi connectivity index (χ4v) is 2.27. The summed E-state index contributed by atoms with van der Waals surface area (Å²) in [7, 11) is 3.94. The van der Waals surface area contributed by atoms with Crippen molar-refractivity contribution in [2.24, 2.45) is 0 Å². The van der Waals surface area contributed by atoms with Gasteiger partial charge < -0.3 is 15.0 Å². The maximum atomic E-state index is 12.2. The van der Waals surface area contributed by atoms with Gasteiger partial charge in [0.25, 0.3) is 5.78 Å². The first-order valence-electron chi connectivity index (χ1n) is 8.43. The molecule has 0 heterocycles. The predicted octanol–water partition coefficient (Wildman–Crippen LogP) is 3.73. The second-order valence-electron chi connectivity index (χ2n) is 6.31. The Balaban J connectivity index is 2.28. The molecule has 2 rings (SSSR count). The largest absolute Gasteiger partial charge is 0.457 e. The van der Waals surface area contributed by atoms with Crippen LogP contribution in [-0.2, 0) is 14.3 Å². The molecule has 0 aliphatic heterocycles. The molecule has 0 unspecified atom stereocenters. The minimum atomic E-state index is -0.863. The summed E-state index contributed by atoms with van der Waals surface area (Å²) in [6.45, 7) is 3.41. The van der Waals surface area contributed by atoms with Crippen LogP contribution in [0.1, 0.15) is 19.4 Å². The number of anilines is 2. The smallest absolute Gasteiger partial charge is 0.379 e. The second kappa shape index (κ2) is 8.85. The van der Waals surface area contributed by atoms with E-state index in [1.54, 1.807) is 13.8 Å². The molecule has 2 aromatic rings. The number of rotatable bonds is 7. The van der Waals surface area contributed by atoms with Gasteiger partial charge in [0.2, 0.25) is 0 Å². The summed E-state index contributed by atoms with van der Waals surface area (Å²) >= 11 is 0. The van der Waals surface area contributed by atoms with Crippen molar-refractivity contribution in [3.05, 3.63) is 66.2 Å². The van der Waals surface area contributed by atoms with E-state index in [1.165, 1.54) is 6.08 Å². The molecule has 5 heteroatoms. The Kier molecular flexibility index (Phi) is 6.55. The van der Waals surface area contributed by atoms with Crippen molar-refractivity contribution < 1.29 is 14.3 Å². The number of ether oxygens (including phenoxy) is 1. The van der Waals surface area contributed by atoms with Crippen LogP contribution < -0.4 is 10.2 Å². The van der Waals surface area contributed by atoms with Gasteiger partial charge in [0, 0.05) is 37.2 Å². The number of ketones is 1. The molecule has 1 N–H and O–H groups in total. The number of hydrogen-bond acceptors (Lipinski definition) is 5. The molecule has 0 aliphatic rings. The first kappa shape index (κ1) is 19.2. The number of esters is 1. The zero-order valence-electron chi connectivity index (χ0n) is 15.5. The Morgan fingerprint density at radius 3 is 2.15 bits per heavy atom. The van der Waals surface area contributed by atoms with Gasteiger partial charge in [0.15, 0.2) is 0 Å². The molecule has 2 aromatic carbocycles. The SMILES string of the molecule is CC(C)OC(=O)C(=O)/C=C(\Nc1ccc(N(C)C)cc1)c1ccccc1. The van der Waals surface area contributed by atoms with Crippen LogP contribution >= 0.6 is 0 Å². The molecule has 0 saturated carbocycles. The number of carbonyl (C=O) groups is 2. The standard InChI is InChI=1S/C21H24N2O3/c1-15(2)26-21(25)20(24)14-19(16-8-6-5-7-9-16)22-17-10-12-18(13-11-17)23(3)4/h5-15,22H,1-4H3/b19-14-. The monoisotopic (exact) mass is 352 g/mol. The molecule has 0 bridgehead atoms. The van der Waals surface area contributed by atoms with E-state index >= 15 is 0 Å². The molecular formula is C21H24N2O3. The Morgan fingerprint density at radius 2 is 1.62 bits per heavy atom. The summed E-state index contributed by atoms with van der Waals surface area (Å²) in [6.07, 6.45) is 0.937. The number of carbonyl (C=O) groups excluding carboxylic acids is 2. The van der Waals surface area contributed by atoms with Gasteiger partial charge in [-0.05, 0) is 43.7 Å². The van der Waals surface area contributed by atoms with Gasteiger partial charge in [0.1, 0.15) is 0 Å². The third kappa shape index (κ3) is 5.48. The number of nitrogens with zero attached hydrogens (tertiary/aromatic N) is 1. The molecule has 0 saturated heterocycles. The maximum absolute atomic E-state index is 12.2. The third-order valence-corrected chi connectivity index (χ3v) is 3.57. The van der Waals surface area contributed by atoms with Gasteiger partial charge in [-0.15, -0.1) is 0 Å². The van der Waals surface area contributed by atoms with Gasteiger partial charge in [-0.2, -0.15) is 0 Å². The average Bonchev–Trinajstić information content (AvgIpc) is 2.61. The minimum Gasteiger partial charge on any atom is -0.457 e. The van der Waals surface area contributed by atoms with Crippen LogP contribution in [0.4, 0.5) is 11.4 Å². The summed E-state index contributed by atoms with van der Waals surface area (Å²) in [5.74, 6) is -1.56. The first-order chi connectivity index (χ1) is 12.4. The predicted molar refractivity (Wildman–Crippen MR) is 105 cm³/mol. The van der Waals surface area contributed by atoms with E-state index in [2.05, 4.69) is 5.32 Å². The van der Waals surface area contributed by atoms with Crippen molar-refractivity contribution in [2.45, 2.75) is 20.0 Å². The summed E-state index contributed by atoms with van der Waals surface area (Å²) in [5.41, 5.74) is 3.22.